The van der Waals surface area contributed by atoms with Crippen molar-refractivity contribution >= 4 is 28.3 Å². The second-order valence-electron chi connectivity index (χ2n) is 4.17. The van der Waals surface area contributed by atoms with Gasteiger partial charge in [0.15, 0.2) is 5.78 Å². The van der Waals surface area contributed by atoms with Gasteiger partial charge >= 0.3 is 0 Å². The van der Waals surface area contributed by atoms with Crippen molar-refractivity contribution in [2.45, 2.75) is 18.7 Å². The average Bonchev–Trinajstić information content (AvgIpc) is 2.44. The molecule has 0 saturated carbocycles. The van der Waals surface area contributed by atoms with Crippen LogP contribution in [0.1, 0.15) is 23.7 Å². The molecule has 0 radical (unpaired) electrons. The summed E-state index contributed by atoms with van der Waals surface area (Å²) in [7, 11) is 1.51. The van der Waals surface area contributed by atoms with Crippen molar-refractivity contribution in [1.82, 2.24) is 4.98 Å². The molecule has 0 saturated heterocycles. The molecule has 1 heterocycles. The van der Waals surface area contributed by atoms with Gasteiger partial charge in [0.2, 0.25) is 5.56 Å². The number of carbonyl (C=O) groups excluding carboxylic acids is 1. The lowest BCUT2D eigenvalue weighted by Crippen LogP contribution is -2.15. The third-order valence-corrected chi connectivity index (χ3v) is 3.49. The first-order chi connectivity index (χ1) is 9.08. The maximum atomic E-state index is 12.2. The molecule has 100 valence electrons. The number of benzene rings is 1. The summed E-state index contributed by atoms with van der Waals surface area (Å²) in [6, 6.07) is 6.33. The summed E-state index contributed by atoms with van der Waals surface area (Å²) in [5.41, 5.74) is 0.767. The van der Waals surface area contributed by atoms with Gasteiger partial charge in [-0.25, -0.2) is 0 Å². The molecule has 1 N–H and O–H groups in total. The SMILES string of the molecule is CCC(Cl)C(=O)c1ccc(OC)c2[nH]c(=O)ccc12. The van der Waals surface area contributed by atoms with E-state index in [1.165, 1.54) is 13.2 Å². The molecule has 0 fully saturated rings. The highest BCUT2D eigenvalue weighted by Crippen LogP contribution is 2.27. The zero-order valence-electron chi connectivity index (χ0n) is 10.7. The highest BCUT2D eigenvalue weighted by Gasteiger charge is 2.19. The topological polar surface area (TPSA) is 59.2 Å². The second-order valence-corrected chi connectivity index (χ2v) is 4.69. The molecule has 5 heteroatoms. The second kappa shape index (κ2) is 5.45. The number of carbonyl (C=O) groups is 1. The first-order valence-corrected chi connectivity index (χ1v) is 6.40. The molecule has 0 bridgehead atoms. The molecular formula is C14H14ClNO3. The van der Waals surface area contributed by atoms with E-state index in [9.17, 15) is 9.59 Å². The van der Waals surface area contributed by atoms with Gasteiger partial charge in [0.25, 0.3) is 0 Å². The summed E-state index contributed by atoms with van der Waals surface area (Å²) in [5.74, 6) is 0.371. The maximum absolute atomic E-state index is 12.2. The van der Waals surface area contributed by atoms with Gasteiger partial charge < -0.3 is 9.72 Å². The van der Waals surface area contributed by atoms with Crippen molar-refractivity contribution in [3.8, 4) is 5.75 Å². The van der Waals surface area contributed by atoms with Gasteiger partial charge in [0.05, 0.1) is 18.0 Å². The van der Waals surface area contributed by atoms with Crippen LogP contribution in [-0.4, -0.2) is 23.3 Å². The Balaban J connectivity index is 2.71. The van der Waals surface area contributed by atoms with Crippen molar-refractivity contribution in [3.63, 3.8) is 0 Å². The normalized spacial score (nSPS) is 12.4. The summed E-state index contributed by atoms with van der Waals surface area (Å²) in [4.78, 5) is 26.3. The molecule has 2 aromatic rings. The summed E-state index contributed by atoms with van der Waals surface area (Å²) in [6.45, 7) is 1.85. The van der Waals surface area contributed by atoms with E-state index in [0.29, 0.717) is 28.6 Å². The molecular weight excluding hydrogens is 266 g/mol. The van der Waals surface area contributed by atoms with Crippen molar-refractivity contribution in [3.05, 3.63) is 40.2 Å². The monoisotopic (exact) mass is 279 g/mol. The van der Waals surface area contributed by atoms with Gasteiger partial charge in [-0.15, -0.1) is 11.6 Å². The van der Waals surface area contributed by atoms with E-state index in [-0.39, 0.29) is 11.3 Å². The smallest absolute Gasteiger partial charge is 0.248 e. The lowest BCUT2D eigenvalue weighted by molar-refractivity contribution is 0.0987. The number of aromatic nitrogens is 1. The summed E-state index contributed by atoms with van der Waals surface area (Å²) < 4.78 is 5.19. The van der Waals surface area contributed by atoms with Crippen molar-refractivity contribution in [2.24, 2.45) is 0 Å². The van der Waals surface area contributed by atoms with Gasteiger partial charge in [-0.3, -0.25) is 9.59 Å². The van der Waals surface area contributed by atoms with E-state index in [1.807, 2.05) is 6.92 Å². The Labute approximate surface area is 115 Å². The summed E-state index contributed by atoms with van der Waals surface area (Å²) in [6.07, 6.45) is 0.553. The van der Waals surface area contributed by atoms with E-state index in [2.05, 4.69) is 4.98 Å². The molecule has 0 aliphatic carbocycles. The fourth-order valence-corrected chi connectivity index (χ4v) is 2.08. The number of methoxy groups -OCH3 is 1. The van der Waals surface area contributed by atoms with Crippen molar-refractivity contribution in [1.29, 1.82) is 0 Å². The number of H-pyrrole nitrogens is 1. The van der Waals surface area contributed by atoms with Crippen LogP contribution in [0.2, 0.25) is 0 Å². The molecule has 0 amide bonds. The highest BCUT2D eigenvalue weighted by molar-refractivity contribution is 6.35. The molecule has 1 aromatic carbocycles. The fraction of sp³-hybridized carbons (Fsp3) is 0.286. The van der Waals surface area contributed by atoms with E-state index in [4.69, 9.17) is 16.3 Å². The van der Waals surface area contributed by atoms with Crippen LogP contribution in [0.3, 0.4) is 0 Å². The number of hydrogen-bond acceptors (Lipinski definition) is 3. The molecule has 1 aromatic heterocycles. The van der Waals surface area contributed by atoms with Crippen LogP contribution in [0.5, 0.6) is 5.75 Å². The number of hydrogen-bond donors (Lipinski definition) is 1. The lowest BCUT2D eigenvalue weighted by Gasteiger charge is -2.11. The largest absolute Gasteiger partial charge is 0.495 e. The number of alkyl halides is 1. The molecule has 0 aliphatic rings. The Hall–Kier alpha value is -1.81. The van der Waals surface area contributed by atoms with Crippen LogP contribution in [0.15, 0.2) is 29.1 Å². The molecule has 0 spiro atoms. The zero-order chi connectivity index (χ0) is 14.0. The number of rotatable bonds is 4. The van der Waals surface area contributed by atoms with Crippen molar-refractivity contribution < 1.29 is 9.53 Å². The molecule has 4 nitrogen and oxygen atoms in total. The van der Waals surface area contributed by atoms with Crippen LogP contribution < -0.4 is 10.3 Å². The Morgan fingerprint density at radius 3 is 2.74 bits per heavy atom. The molecule has 1 atom stereocenters. The number of nitrogens with one attached hydrogen (secondary N) is 1. The number of halogens is 1. The Kier molecular flexibility index (Phi) is 3.90. The van der Waals surface area contributed by atoms with Gasteiger partial charge in [0, 0.05) is 17.0 Å². The Morgan fingerprint density at radius 2 is 2.11 bits per heavy atom. The third kappa shape index (κ3) is 2.49. The van der Waals surface area contributed by atoms with Crippen LogP contribution >= 0.6 is 11.6 Å². The van der Waals surface area contributed by atoms with Gasteiger partial charge in [-0.05, 0) is 24.6 Å². The van der Waals surface area contributed by atoms with E-state index < -0.39 is 5.38 Å². The molecule has 19 heavy (non-hydrogen) atoms. The minimum atomic E-state index is -0.566. The van der Waals surface area contributed by atoms with Gasteiger partial charge in [0.1, 0.15) is 5.75 Å². The number of fused-ring (bicyclic) bond motifs is 1. The minimum absolute atomic E-state index is 0.149. The van der Waals surface area contributed by atoms with Crippen LogP contribution in [0, 0.1) is 0 Å². The minimum Gasteiger partial charge on any atom is -0.495 e. The van der Waals surface area contributed by atoms with E-state index in [0.717, 1.165) is 0 Å². The first-order valence-electron chi connectivity index (χ1n) is 5.96. The lowest BCUT2D eigenvalue weighted by atomic mass is 10.0. The highest BCUT2D eigenvalue weighted by atomic mass is 35.5. The maximum Gasteiger partial charge on any atom is 0.248 e. The summed E-state index contributed by atoms with van der Waals surface area (Å²) in [5, 5.41) is 0.0755. The standard InChI is InChI=1S/C14H14ClNO3/c1-3-10(15)14(18)9-4-6-11(19-2)13-8(9)5-7-12(17)16-13/h4-7,10H,3H2,1-2H3,(H,16,17). The Bertz CT molecular complexity index is 678. The predicted octanol–water partition coefficient (Wildman–Crippen LogP) is 2.74. The first kappa shape index (κ1) is 13.6. The zero-order valence-corrected chi connectivity index (χ0v) is 11.5. The molecule has 2 rings (SSSR count). The fourth-order valence-electron chi connectivity index (χ4n) is 1.96. The number of ether oxygens (including phenoxy) is 1. The van der Waals surface area contributed by atoms with E-state index in [1.54, 1.807) is 18.2 Å². The molecule has 0 aliphatic heterocycles. The predicted molar refractivity (Wildman–Crippen MR) is 75.4 cm³/mol. The number of aromatic amines is 1. The van der Waals surface area contributed by atoms with Crippen LogP contribution in [0.25, 0.3) is 10.9 Å². The molecule has 1 unspecified atom stereocenters. The van der Waals surface area contributed by atoms with Crippen LogP contribution in [0.4, 0.5) is 0 Å². The average molecular weight is 280 g/mol. The van der Waals surface area contributed by atoms with Crippen molar-refractivity contribution in [2.75, 3.05) is 7.11 Å². The third-order valence-electron chi connectivity index (χ3n) is 2.99. The van der Waals surface area contributed by atoms with E-state index >= 15 is 0 Å². The summed E-state index contributed by atoms with van der Waals surface area (Å²) >= 11 is 6.00. The quantitative estimate of drug-likeness (QED) is 0.691. The number of Topliss-reactive ketones (excluding diaryl/α,β-unsaturated/α-hetero) is 1. The Morgan fingerprint density at radius 1 is 1.37 bits per heavy atom. The number of pyridine rings is 1. The number of ketones is 1. The van der Waals surface area contributed by atoms with Gasteiger partial charge in [-0.1, -0.05) is 6.92 Å². The van der Waals surface area contributed by atoms with Crippen LogP contribution in [-0.2, 0) is 0 Å². The van der Waals surface area contributed by atoms with Gasteiger partial charge in [-0.2, -0.15) is 0 Å².